The third-order valence-electron chi connectivity index (χ3n) is 3.04. The topological polar surface area (TPSA) is 85.2 Å². The molecule has 0 aliphatic rings. The first-order chi connectivity index (χ1) is 11.5. The van der Waals surface area contributed by atoms with Crippen molar-refractivity contribution in [3.63, 3.8) is 0 Å². The van der Waals surface area contributed by atoms with E-state index in [1.807, 2.05) is 23.6 Å². The Morgan fingerprint density at radius 3 is 2.50 bits per heavy atom. The average Bonchev–Trinajstić information content (AvgIpc) is 3.07. The molecule has 0 aliphatic heterocycles. The summed E-state index contributed by atoms with van der Waals surface area (Å²) < 4.78 is 5.32. The molecule has 0 radical (unpaired) electrons. The highest BCUT2D eigenvalue weighted by Gasteiger charge is 2.18. The van der Waals surface area contributed by atoms with Crippen molar-refractivity contribution in [1.29, 1.82) is 0 Å². The molecule has 0 bridgehead atoms. The molecule has 6 nitrogen and oxygen atoms in total. The number of nitrogens with zero attached hydrogens (tertiary/aromatic N) is 1. The lowest BCUT2D eigenvalue weighted by molar-refractivity contribution is -0.140. The minimum atomic E-state index is -0.577. The molecule has 0 spiro atoms. The molecule has 1 aromatic carbocycles. The summed E-state index contributed by atoms with van der Waals surface area (Å²) in [5, 5.41) is 14.1. The van der Waals surface area contributed by atoms with Crippen molar-refractivity contribution >= 4 is 28.8 Å². The number of hydrogen-bond donors (Lipinski definition) is 1. The number of Topliss-reactive ketones (excluding diaryl/α,β-unsaturated/α-hetero) is 1. The molecule has 1 heterocycles. The highest BCUT2D eigenvalue weighted by Crippen LogP contribution is 2.30. The zero-order chi connectivity index (χ0) is 17.5. The van der Waals surface area contributed by atoms with Gasteiger partial charge in [0.2, 0.25) is 5.78 Å². The summed E-state index contributed by atoms with van der Waals surface area (Å²) >= 11 is 1.30. The molecular formula is C17H17NO5S. The van der Waals surface area contributed by atoms with Crippen LogP contribution in [0.15, 0.2) is 40.9 Å². The molecule has 0 unspecified atom stereocenters. The number of oxime groups is 1. The Labute approximate surface area is 143 Å². The standard InChI is InChI=1S/C17H17NO5S/c1-11(18-23-12(2)20)16(21)17-15(7-10-24-17)13-3-5-14(6-4-13)22-9-8-19/h3-7,10,19H,8-9H2,1-2H3. The van der Waals surface area contributed by atoms with Crippen LogP contribution < -0.4 is 4.74 Å². The Hall–Kier alpha value is -2.51. The molecule has 1 aromatic heterocycles. The van der Waals surface area contributed by atoms with E-state index < -0.39 is 5.97 Å². The maximum atomic E-state index is 12.5. The number of ketones is 1. The van der Waals surface area contributed by atoms with Crippen LogP contribution in [-0.2, 0) is 9.63 Å². The molecule has 0 saturated carbocycles. The summed E-state index contributed by atoms with van der Waals surface area (Å²) in [5.41, 5.74) is 1.74. The predicted octanol–water partition coefficient (Wildman–Crippen LogP) is 2.91. The fourth-order valence-corrected chi connectivity index (χ4v) is 2.85. The van der Waals surface area contributed by atoms with Gasteiger partial charge < -0.3 is 14.7 Å². The molecule has 126 valence electrons. The van der Waals surface area contributed by atoms with Crippen LogP contribution in [0.2, 0.25) is 0 Å². The summed E-state index contributed by atoms with van der Waals surface area (Å²) in [6, 6.07) is 9.07. The van der Waals surface area contributed by atoms with Crippen LogP contribution in [0.25, 0.3) is 11.1 Å². The van der Waals surface area contributed by atoms with E-state index >= 15 is 0 Å². The molecule has 0 amide bonds. The number of benzene rings is 1. The van der Waals surface area contributed by atoms with Crippen molar-refractivity contribution in [1.82, 2.24) is 0 Å². The quantitative estimate of drug-likeness (QED) is 0.360. The smallest absolute Gasteiger partial charge is 0.331 e. The second-order valence-corrected chi connectivity index (χ2v) is 5.76. The van der Waals surface area contributed by atoms with Crippen molar-refractivity contribution in [3.05, 3.63) is 40.6 Å². The molecule has 0 aliphatic carbocycles. The van der Waals surface area contributed by atoms with E-state index in [-0.39, 0.29) is 24.7 Å². The van der Waals surface area contributed by atoms with Gasteiger partial charge >= 0.3 is 5.97 Å². The van der Waals surface area contributed by atoms with Gasteiger partial charge in [-0.1, -0.05) is 17.3 Å². The second-order valence-electron chi connectivity index (χ2n) is 4.85. The SMILES string of the molecule is CC(=O)ON=C(C)C(=O)c1sccc1-c1ccc(OCCO)cc1. The van der Waals surface area contributed by atoms with Crippen molar-refractivity contribution in [3.8, 4) is 16.9 Å². The average molecular weight is 347 g/mol. The van der Waals surface area contributed by atoms with E-state index in [4.69, 9.17) is 9.84 Å². The van der Waals surface area contributed by atoms with Gasteiger partial charge in [0.25, 0.3) is 0 Å². The van der Waals surface area contributed by atoms with Crippen molar-refractivity contribution in [2.75, 3.05) is 13.2 Å². The second kappa shape index (κ2) is 8.37. The summed E-state index contributed by atoms with van der Waals surface area (Å²) in [7, 11) is 0. The number of carbonyl (C=O) groups is 2. The van der Waals surface area contributed by atoms with Gasteiger partial charge in [0, 0.05) is 12.5 Å². The number of aliphatic hydroxyl groups is 1. The van der Waals surface area contributed by atoms with Crippen LogP contribution in [0, 0.1) is 0 Å². The largest absolute Gasteiger partial charge is 0.491 e. The van der Waals surface area contributed by atoms with Gasteiger partial charge in [0.1, 0.15) is 18.1 Å². The highest BCUT2D eigenvalue weighted by molar-refractivity contribution is 7.13. The van der Waals surface area contributed by atoms with Gasteiger partial charge in [0.05, 0.1) is 11.5 Å². The van der Waals surface area contributed by atoms with Crippen molar-refractivity contribution < 1.29 is 24.3 Å². The normalized spacial score (nSPS) is 11.2. The Morgan fingerprint density at radius 1 is 1.17 bits per heavy atom. The number of hydrogen-bond acceptors (Lipinski definition) is 7. The van der Waals surface area contributed by atoms with Crippen molar-refractivity contribution in [2.45, 2.75) is 13.8 Å². The maximum absolute atomic E-state index is 12.5. The van der Waals surface area contributed by atoms with Gasteiger partial charge in [-0.05, 0) is 36.1 Å². The van der Waals surface area contributed by atoms with Crippen LogP contribution in [0.4, 0.5) is 0 Å². The first-order valence-corrected chi connectivity index (χ1v) is 8.09. The first-order valence-electron chi connectivity index (χ1n) is 7.21. The molecule has 1 N–H and O–H groups in total. The van der Waals surface area contributed by atoms with Crippen LogP contribution in [-0.4, -0.2) is 35.8 Å². The van der Waals surface area contributed by atoms with E-state index in [0.29, 0.717) is 10.6 Å². The van der Waals surface area contributed by atoms with E-state index in [1.54, 1.807) is 12.1 Å². The minimum Gasteiger partial charge on any atom is -0.491 e. The summed E-state index contributed by atoms with van der Waals surface area (Å²) in [5.74, 6) is -0.225. The van der Waals surface area contributed by atoms with Gasteiger partial charge in [-0.2, -0.15) is 0 Å². The van der Waals surface area contributed by atoms with Gasteiger partial charge in [-0.3, -0.25) is 4.79 Å². The van der Waals surface area contributed by atoms with Crippen LogP contribution in [0.3, 0.4) is 0 Å². The zero-order valence-corrected chi connectivity index (χ0v) is 14.1. The first kappa shape index (κ1) is 17.8. The van der Waals surface area contributed by atoms with E-state index in [2.05, 4.69) is 9.99 Å². The fourth-order valence-electron chi connectivity index (χ4n) is 1.95. The molecule has 2 aromatic rings. The Bertz CT molecular complexity index is 749. The monoisotopic (exact) mass is 347 g/mol. The molecule has 7 heteroatoms. The van der Waals surface area contributed by atoms with Crippen LogP contribution >= 0.6 is 11.3 Å². The third kappa shape index (κ3) is 4.50. The van der Waals surface area contributed by atoms with E-state index in [9.17, 15) is 9.59 Å². The number of aliphatic hydroxyl groups excluding tert-OH is 1. The number of thiophene rings is 1. The molecule has 0 saturated heterocycles. The molecular weight excluding hydrogens is 330 g/mol. The lowest BCUT2D eigenvalue weighted by Crippen LogP contribution is -2.11. The fraction of sp³-hybridized carbons (Fsp3) is 0.235. The molecule has 24 heavy (non-hydrogen) atoms. The van der Waals surface area contributed by atoms with E-state index in [1.165, 1.54) is 25.2 Å². The maximum Gasteiger partial charge on any atom is 0.331 e. The zero-order valence-electron chi connectivity index (χ0n) is 13.3. The lowest BCUT2D eigenvalue weighted by atomic mass is 10.0. The van der Waals surface area contributed by atoms with Crippen molar-refractivity contribution in [2.24, 2.45) is 5.16 Å². The lowest BCUT2D eigenvalue weighted by Gasteiger charge is -2.06. The third-order valence-corrected chi connectivity index (χ3v) is 3.95. The Kier molecular flexibility index (Phi) is 6.22. The van der Waals surface area contributed by atoms with E-state index in [0.717, 1.165) is 11.1 Å². The van der Waals surface area contributed by atoms with Gasteiger partial charge in [0.15, 0.2) is 0 Å². The number of rotatable bonds is 7. The Morgan fingerprint density at radius 2 is 1.88 bits per heavy atom. The minimum absolute atomic E-state index is 0.0497. The summed E-state index contributed by atoms with van der Waals surface area (Å²) in [6.07, 6.45) is 0. The van der Waals surface area contributed by atoms with Gasteiger partial charge in [-0.25, -0.2) is 4.79 Å². The van der Waals surface area contributed by atoms with Gasteiger partial charge in [-0.15, -0.1) is 11.3 Å². The molecule has 0 fully saturated rings. The summed E-state index contributed by atoms with van der Waals surface area (Å²) in [4.78, 5) is 28.3. The number of ether oxygens (including phenoxy) is 1. The Balaban J connectivity index is 2.22. The predicted molar refractivity (Wildman–Crippen MR) is 91.5 cm³/mol. The molecule has 0 atom stereocenters. The van der Waals surface area contributed by atoms with Crippen LogP contribution in [0.1, 0.15) is 23.5 Å². The highest BCUT2D eigenvalue weighted by atomic mass is 32.1. The summed E-state index contributed by atoms with van der Waals surface area (Å²) in [6.45, 7) is 2.90. The number of carbonyl (C=O) groups excluding carboxylic acids is 2. The van der Waals surface area contributed by atoms with Crippen LogP contribution in [0.5, 0.6) is 5.75 Å². The molecule has 2 rings (SSSR count).